The van der Waals surface area contributed by atoms with E-state index < -0.39 is 0 Å². The van der Waals surface area contributed by atoms with Gasteiger partial charge in [-0.15, -0.1) is 0 Å². The van der Waals surface area contributed by atoms with Crippen molar-refractivity contribution in [1.82, 2.24) is 24.5 Å². The highest BCUT2D eigenvalue weighted by Crippen LogP contribution is 2.45. The van der Waals surface area contributed by atoms with E-state index in [1.165, 1.54) is 22.6 Å². The molecule has 276 valence electrons. The number of H-pyrrole nitrogens is 1. The highest BCUT2D eigenvalue weighted by Gasteiger charge is 2.40. The van der Waals surface area contributed by atoms with Crippen molar-refractivity contribution in [2.24, 2.45) is 16.2 Å². The first-order valence-electron chi connectivity index (χ1n) is 18.2. The summed E-state index contributed by atoms with van der Waals surface area (Å²) in [6.45, 7) is 54.5. The molecular weight excluding hydrogens is 587 g/mol. The van der Waals surface area contributed by atoms with E-state index in [1.807, 2.05) is 12.4 Å². The first kappa shape index (κ1) is 43.7. The van der Waals surface area contributed by atoms with Gasteiger partial charge >= 0.3 is 0 Å². The van der Waals surface area contributed by atoms with E-state index >= 15 is 0 Å². The Morgan fingerprint density at radius 1 is 0.458 bits per heavy atom. The van der Waals surface area contributed by atoms with Crippen molar-refractivity contribution in [2.45, 2.75) is 199 Å². The smallest absolute Gasteiger partial charge is 0.0623 e. The second-order valence-electron chi connectivity index (χ2n) is 21.8. The Morgan fingerprint density at radius 3 is 1.23 bits per heavy atom. The standard InChI is InChI=1S/C15H27N.2C14H26N2/c1-13(2,3)12-11(9-10-16-12)15(7,8)14(4,5)6;1-12(2,3)14(7,8)11-9-10-15-16(11)13(4,5)6;1-12(2,3)11-9-10-15-16(11)14(7,8)13(4,5)6/h9-10,16H,1-8H3;2*9-10H,1-8H3. The van der Waals surface area contributed by atoms with Crippen LogP contribution in [-0.4, -0.2) is 24.5 Å². The molecule has 0 amide bonds. The average molecular weight is 666 g/mol. The molecule has 0 aliphatic rings. The molecule has 0 radical (unpaired) electrons. The zero-order valence-electron chi connectivity index (χ0n) is 36.3. The summed E-state index contributed by atoms with van der Waals surface area (Å²) in [5, 5.41) is 9.02. The van der Waals surface area contributed by atoms with Crippen LogP contribution in [0.15, 0.2) is 36.8 Å². The van der Waals surface area contributed by atoms with Gasteiger partial charge in [0.05, 0.1) is 11.1 Å². The molecule has 48 heavy (non-hydrogen) atoms. The number of nitrogens with zero attached hydrogens (tertiary/aromatic N) is 4. The van der Waals surface area contributed by atoms with Crippen LogP contribution in [0.1, 0.15) is 189 Å². The maximum Gasteiger partial charge on any atom is 0.0623 e. The number of aromatic nitrogens is 5. The normalized spacial score (nSPS) is 14.2. The molecular formula is C43H79N5. The largest absolute Gasteiger partial charge is 0.364 e. The zero-order chi connectivity index (χ0) is 38.3. The summed E-state index contributed by atoms with van der Waals surface area (Å²) >= 11 is 0. The summed E-state index contributed by atoms with van der Waals surface area (Å²) in [5.41, 5.74) is 6.75. The van der Waals surface area contributed by atoms with Crippen LogP contribution in [0.25, 0.3) is 0 Å². The van der Waals surface area contributed by atoms with Crippen LogP contribution in [0.2, 0.25) is 0 Å². The Labute approximate surface area is 298 Å². The molecule has 0 spiro atoms. The van der Waals surface area contributed by atoms with E-state index in [0.717, 1.165) is 0 Å². The molecule has 0 saturated carbocycles. The lowest BCUT2D eigenvalue weighted by Gasteiger charge is -2.41. The molecule has 3 aromatic heterocycles. The van der Waals surface area contributed by atoms with Crippen molar-refractivity contribution in [3.05, 3.63) is 59.4 Å². The van der Waals surface area contributed by atoms with Crippen LogP contribution in [0, 0.1) is 16.2 Å². The average Bonchev–Trinajstić information content (AvgIpc) is 3.62. The van der Waals surface area contributed by atoms with Crippen molar-refractivity contribution >= 4 is 0 Å². The van der Waals surface area contributed by atoms with Gasteiger partial charge in [0.2, 0.25) is 0 Å². The van der Waals surface area contributed by atoms with Gasteiger partial charge in [0.1, 0.15) is 0 Å². The molecule has 0 aliphatic carbocycles. The second kappa shape index (κ2) is 13.8. The van der Waals surface area contributed by atoms with Crippen molar-refractivity contribution in [2.75, 3.05) is 0 Å². The van der Waals surface area contributed by atoms with Gasteiger partial charge in [0, 0.05) is 51.9 Å². The van der Waals surface area contributed by atoms with Crippen molar-refractivity contribution in [3.63, 3.8) is 0 Å². The quantitative estimate of drug-likeness (QED) is 0.303. The van der Waals surface area contributed by atoms with E-state index in [2.05, 4.69) is 215 Å². The van der Waals surface area contributed by atoms with Gasteiger partial charge in [-0.05, 0) is 80.0 Å². The molecule has 1 N–H and O–H groups in total. The lowest BCUT2D eigenvalue weighted by molar-refractivity contribution is 0.116. The third kappa shape index (κ3) is 9.69. The Balaban J connectivity index is 0.000000360. The third-order valence-corrected chi connectivity index (χ3v) is 11.6. The molecule has 0 bridgehead atoms. The van der Waals surface area contributed by atoms with E-state index in [9.17, 15) is 0 Å². The van der Waals surface area contributed by atoms with Crippen LogP contribution in [0.4, 0.5) is 0 Å². The molecule has 3 aromatic rings. The lowest BCUT2D eigenvalue weighted by Crippen LogP contribution is -2.43. The highest BCUT2D eigenvalue weighted by molar-refractivity contribution is 5.35. The van der Waals surface area contributed by atoms with E-state index in [0.29, 0.717) is 0 Å². The van der Waals surface area contributed by atoms with Gasteiger partial charge in [0.15, 0.2) is 0 Å². The minimum Gasteiger partial charge on any atom is -0.364 e. The second-order valence-corrected chi connectivity index (χ2v) is 21.8. The van der Waals surface area contributed by atoms with Gasteiger partial charge in [-0.25, -0.2) is 0 Å². The Morgan fingerprint density at radius 2 is 0.875 bits per heavy atom. The van der Waals surface area contributed by atoms with E-state index in [-0.39, 0.29) is 49.0 Å². The van der Waals surface area contributed by atoms with Crippen LogP contribution < -0.4 is 0 Å². The van der Waals surface area contributed by atoms with Gasteiger partial charge < -0.3 is 4.98 Å². The lowest BCUT2D eigenvalue weighted by atomic mass is 9.64. The summed E-state index contributed by atoms with van der Waals surface area (Å²) < 4.78 is 4.34. The molecule has 0 saturated heterocycles. The Bertz CT molecular complexity index is 1250. The maximum atomic E-state index is 4.54. The van der Waals surface area contributed by atoms with E-state index in [1.54, 1.807) is 0 Å². The van der Waals surface area contributed by atoms with Gasteiger partial charge in [0.25, 0.3) is 0 Å². The molecule has 0 fully saturated rings. The summed E-state index contributed by atoms with van der Waals surface area (Å²) in [6.07, 6.45) is 5.89. The van der Waals surface area contributed by atoms with Crippen LogP contribution in [-0.2, 0) is 32.7 Å². The molecule has 0 aliphatic heterocycles. The number of nitrogens with one attached hydrogen (secondary N) is 1. The summed E-state index contributed by atoms with van der Waals surface area (Å²) in [6, 6.07) is 6.52. The van der Waals surface area contributed by atoms with Crippen molar-refractivity contribution < 1.29 is 0 Å². The van der Waals surface area contributed by atoms with Crippen LogP contribution in [0.3, 0.4) is 0 Å². The first-order chi connectivity index (χ1) is 20.9. The number of aromatic amines is 1. The predicted molar refractivity (Wildman–Crippen MR) is 211 cm³/mol. The minimum atomic E-state index is 0.0130. The summed E-state index contributed by atoms with van der Waals surface area (Å²) in [5.74, 6) is 0. The van der Waals surface area contributed by atoms with Gasteiger partial charge in [-0.1, -0.05) is 132 Å². The first-order valence-corrected chi connectivity index (χ1v) is 18.2. The van der Waals surface area contributed by atoms with Crippen molar-refractivity contribution in [3.8, 4) is 0 Å². The zero-order valence-corrected chi connectivity index (χ0v) is 36.3. The van der Waals surface area contributed by atoms with Gasteiger partial charge in [-0.3, -0.25) is 9.36 Å². The van der Waals surface area contributed by atoms with Crippen molar-refractivity contribution in [1.29, 1.82) is 0 Å². The molecule has 0 unspecified atom stereocenters. The molecule has 0 aromatic carbocycles. The van der Waals surface area contributed by atoms with Gasteiger partial charge in [-0.2, -0.15) is 10.2 Å². The number of rotatable bonds is 3. The monoisotopic (exact) mass is 666 g/mol. The molecule has 3 rings (SSSR count). The van der Waals surface area contributed by atoms with Crippen LogP contribution >= 0.6 is 0 Å². The molecule has 3 heterocycles. The fourth-order valence-electron chi connectivity index (χ4n) is 5.24. The highest BCUT2D eigenvalue weighted by atomic mass is 15.3. The van der Waals surface area contributed by atoms with E-state index in [4.69, 9.17) is 0 Å². The minimum absolute atomic E-state index is 0.0130. The number of hydrogen-bond acceptors (Lipinski definition) is 2. The molecule has 5 heteroatoms. The van der Waals surface area contributed by atoms with Crippen LogP contribution in [0.5, 0.6) is 0 Å². The summed E-state index contributed by atoms with van der Waals surface area (Å²) in [7, 11) is 0. The topological polar surface area (TPSA) is 51.4 Å². The molecule has 0 atom stereocenters. The third-order valence-electron chi connectivity index (χ3n) is 11.6. The fourth-order valence-corrected chi connectivity index (χ4v) is 5.24. The Kier molecular flexibility index (Phi) is 12.6. The molecule has 5 nitrogen and oxygen atoms in total. The maximum absolute atomic E-state index is 4.54. The Hall–Kier alpha value is -2.30. The number of hydrogen-bond donors (Lipinski definition) is 1. The summed E-state index contributed by atoms with van der Waals surface area (Å²) in [4.78, 5) is 3.42. The predicted octanol–water partition coefficient (Wildman–Crippen LogP) is 12.6. The SMILES string of the molecule is CC(C)(C)c1[nH]ccc1C(C)(C)C(C)(C)C.CC(C)(C)c1ccnn1C(C)(C)C(C)(C)C.CC(C)(C)n1nccc1C(C)(C)C(C)(C)C. The fraction of sp³-hybridized carbons (Fsp3) is 0.767.